The molecule has 98 valence electrons. The van der Waals surface area contributed by atoms with E-state index in [1.54, 1.807) is 0 Å². The molecule has 0 radical (unpaired) electrons. The predicted molar refractivity (Wildman–Crippen MR) is 63.7 cm³/mol. The maximum atomic E-state index is 11.8. The maximum absolute atomic E-state index is 11.8. The molecule has 5 nitrogen and oxygen atoms in total. The van der Waals surface area contributed by atoms with E-state index in [2.05, 4.69) is 0 Å². The van der Waals surface area contributed by atoms with Crippen LogP contribution in [0, 0.1) is 0 Å². The average Bonchev–Trinajstić information content (AvgIpc) is 2.73. The van der Waals surface area contributed by atoms with Crippen molar-refractivity contribution in [1.82, 2.24) is 0 Å². The van der Waals surface area contributed by atoms with E-state index in [-0.39, 0.29) is 17.5 Å². The number of rotatable bonds is 4. The summed E-state index contributed by atoms with van der Waals surface area (Å²) in [5, 5.41) is 0.443. The lowest BCUT2D eigenvalue weighted by atomic mass is 10.2. The normalized spacial score (nSPS) is 19.8. The van der Waals surface area contributed by atoms with Crippen LogP contribution >= 0.6 is 11.6 Å². The lowest BCUT2D eigenvalue weighted by Crippen LogP contribution is -2.18. The third kappa shape index (κ3) is 3.22. The van der Waals surface area contributed by atoms with E-state index in [0.717, 1.165) is 0 Å². The fourth-order valence-electron chi connectivity index (χ4n) is 1.53. The molecule has 1 aliphatic heterocycles. The molecule has 0 bridgehead atoms. The molecule has 18 heavy (non-hydrogen) atoms. The van der Waals surface area contributed by atoms with Crippen molar-refractivity contribution >= 4 is 27.7 Å². The third-order valence-electron chi connectivity index (χ3n) is 2.48. The van der Waals surface area contributed by atoms with Gasteiger partial charge in [-0.05, 0) is 30.7 Å². The van der Waals surface area contributed by atoms with Crippen LogP contribution in [-0.4, -0.2) is 27.1 Å². The Bertz CT molecular complexity index is 537. The first-order chi connectivity index (χ1) is 8.47. The average molecular weight is 291 g/mol. The minimum Gasteiger partial charge on any atom is -0.460 e. The van der Waals surface area contributed by atoms with Crippen molar-refractivity contribution in [2.45, 2.75) is 23.8 Å². The Morgan fingerprint density at radius 3 is 2.56 bits per heavy atom. The van der Waals surface area contributed by atoms with Crippen molar-refractivity contribution in [2.24, 2.45) is 0 Å². The molecule has 1 aromatic rings. The van der Waals surface area contributed by atoms with Crippen LogP contribution in [0.3, 0.4) is 0 Å². The molecule has 1 atom stereocenters. The second-order valence-corrected chi connectivity index (χ2v) is 5.89. The number of cyclic esters (lactones) is 1. The molecule has 0 spiro atoms. The minimum absolute atomic E-state index is 0.0243. The molecular formula is C11H11ClO5S. The highest BCUT2D eigenvalue weighted by molar-refractivity contribution is 7.86. The van der Waals surface area contributed by atoms with Gasteiger partial charge >= 0.3 is 5.97 Å². The van der Waals surface area contributed by atoms with Crippen LogP contribution in [0.15, 0.2) is 29.2 Å². The predicted octanol–water partition coefficient (Wildman–Crippen LogP) is 1.75. The fraction of sp³-hybridized carbons (Fsp3) is 0.364. The molecule has 1 aliphatic rings. The largest absolute Gasteiger partial charge is 0.460 e. The summed E-state index contributed by atoms with van der Waals surface area (Å²) in [4.78, 5) is 10.9. The van der Waals surface area contributed by atoms with E-state index in [1.165, 1.54) is 24.3 Å². The summed E-state index contributed by atoms with van der Waals surface area (Å²) in [7, 11) is -3.83. The van der Waals surface area contributed by atoms with Gasteiger partial charge in [0.1, 0.15) is 12.7 Å². The smallest absolute Gasteiger partial charge is 0.306 e. The van der Waals surface area contributed by atoms with E-state index < -0.39 is 16.2 Å². The van der Waals surface area contributed by atoms with Crippen LogP contribution in [0.4, 0.5) is 0 Å². The lowest BCUT2D eigenvalue weighted by Gasteiger charge is -2.10. The van der Waals surface area contributed by atoms with Gasteiger partial charge in [0.2, 0.25) is 0 Å². The van der Waals surface area contributed by atoms with Gasteiger partial charge in [-0.2, -0.15) is 8.42 Å². The first-order valence-electron chi connectivity index (χ1n) is 5.32. The molecule has 0 saturated carbocycles. The Morgan fingerprint density at radius 2 is 2.00 bits per heavy atom. The molecule has 0 amide bonds. The van der Waals surface area contributed by atoms with Crippen LogP contribution in [0.2, 0.25) is 5.02 Å². The Hall–Kier alpha value is -1.11. The molecule has 7 heteroatoms. The van der Waals surface area contributed by atoms with Crippen molar-refractivity contribution in [3.63, 3.8) is 0 Å². The van der Waals surface area contributed by atoms with Crippen LogP contribution in [0.5, 0.6) is 0 Å². The summed E-state index contributed by atoms with van der Waals surface area (Å²) in [6, 6.07) is 5.65. The van der Waals surface area contributed by atoms with E-state index in [0.29, 0.717) is 17.9 Å². The molecule has 1 aromatic carbocycles. The Kier molecular flexibility index (Phi) is 3.89. The Morgan fingerprint density at radius 1 is 1.33 bits per heavy atom. The van der Waals surface area contributed by atoms with E-state index in [1.807, 2.05) is 0 Å². The molecule has 1 unspecified atom stereocenters. The van der Waals surface area contributed by atoms with Gasteiger partial charge in [-0.25, -0.2) is 0 Å². The van der Waals surface area contributed by atoms with Gasteiger partial charge in [-0.1, -0.05) is 11.6 Å². The van der Waals surface area contributed by atoms with E-state index in [4.69, 9.17) is 20.5 Å². The highest BCUT2D eigenvalue weighted by Crippen LogP contribution is 2.19. The first-order valence-corrected chi connectivity index (χ1v) is 7.10. The molecule has 0 N–H and O–H groups in total. The topological polar surface area (TPSA) is 69.7 Å². The van der Waals surface area contributed by atoms with Gasteiger partial charge < -0.3 is 4.74 Å². The van der Waals surface area contributed by atoms with Crippen molar-refractivity contribution in [2.75, 3.05) is 6.61 Å². The van der Waals surface area contributed by atoms with E-state index in [9.17, 15) is 13.2 Å². The summed E-state index contributed by atoms with van der Waals surface area (Å²) in [6.07, 6.45) is 0.295. The van der Waals surface area contributed by atoms with Crippen LogP contribution in [0.1, 0.15) is 12.8 Å². The van der Waals surface area contributed by atoms with Gasteiger partial charge in [0.05, 0.1) is 4.90 Å². The van der Waals surface area contributed by atoms with Crippen LogP contribution in [0.25, 0.3) is 0 Å². The molecular weight excluding hydrogens is 280 g/mol. The quantitative estimate of drug-likeness (QED) is 0.624. The number of hydrogen-bond donors (Lipinski definition) is 0. The third-order valence-corrected chi connectivity index (χ3v) is 4.03. The second-order valence-electron chi connectivity index (χ2n) is 3.84. The number of esters is 1. The Labute approximate surface area is 110 Å². The van der Waals surface area contributed by atoms with Gasteiger partial charge in [-0.3, -0.25) is 8.98 Å². The monoisotopic (exact) mass is 290 g/mol. The number of hydrogen-bond acceptors (Lipinski definition) is 5. The zero-order valence-electron chi connectivity index (χ0n) is 9.34. The van der Waals surface area contributed by atoms with Gasteiger partial charge in [-0.15, -0.1) is 0 Å². The molecule has 2 rings (SSSR count). The summed E-state index contributed by atoms with van der Waals surface area (Å²) in [5.74, 6) is -0.326. The minimum atomic E-state index is -3.83. The van der Waals surface area contributed by atoms with Crippen molar-refractivity contribution in [1.29, 1.82) is 0 Å². The zero-order chi connectivity index (χ0) is 13.2. The van der Waals surface area contributed by atoms with Gasteiger partial charge in [0.25, 0.3) is 10.1 Å². The van der Waals surface area contributed by atoms with Crippen LogP contribution in [-0.2, 0) is 23.8 Å². The first kappa shape index (κ1) is 13.3. The number of carbonyl (C=O) groups excluding carboxylic acids is 1. The number of carbonyl (C=O) groups is 1. The molecule has 1 fully saturated rings. The van der Waals surface area contributed by atoms with Gasteiger partial charge in [0.15, 0.2) is 0 Å². The molecule has 1 saturated heterocycles. The summed E-state index contributed by atoms with van der Waals surface area (Å²) < 4.78 is 33.3. The number of halogens is 1. The molecule has 1 heterocycles. The Balaban J connectivity index is 1.99. The summed E-state index contributed by atoms with van der Waals surface area (Å²) in [6.45, 7) is -0.156. The highest BCUT2D eigenvalue weighted by atomic mass is 35.5. The number of benzene rings is 1. The molecule has 0 aliphatic carbocycles. The zero-order valence-corrected chi connectivity index (χ0v) is 10.9. The maximum Gasteiger partial charge on any atom is 0.306 e. The van der Waals surface area contributed by atoms with E-state index >= 15 is 0 Å². The second kappa shape index (κ2) is 5.26. The fourth-order valence-corrected chi connectivity index (χ4v) is 2.60. The summed E-state index contributed by atoms with van der Waals surface area (Å²) in [5.41, 5.74) is 0. The molecule has 0 aromatic heterocycles. The van der Waals surface area contributed by atoms with Crippen molar-refractivity contribution in [3.05, 3.63) is 29.3 Å². The van der Waals surface area contributed by atoms with Crippen molar-refractivity contribution < 1.29 is 22.1 Å². The van der Waals surface area contributed by atoms with Crippen molar-refractivity contribution in [3.8, 4) is 0 Å². The summed E-state index contributed by atoms with van der Waals surface area (Å²) >= 11 is 5.67. The lowest BCUT2D eigenvalue weighted by molar-refractivity contribution is -0.142. The van der Waals surface area contributed by atoms with Gasteiger partial charge in [0, 0.05) is 11.4 Å². The highest BCUT2D eigenvalue weighted by Gasteiger charge is 2.26. The number of ether oxygens (including phenoxy) is 1. The SMILES string of the molecule is O=C1CCC(COS(=O)(=O)c2ccc(Cl)cc2)O1. The van der Waals surface area contributed by atoms with Crippen LogP contribution < -0.4 is 0 Å². The standard InChI is InChI=1S/C11H11ClO5S/c12-8-1-4-10(5-2-8)18(14,15)16-7-9-3-6-11(13)17-9/h1-2,4-5,9H,3,6-7H2.